The van der Waals surface area contributed by atoms with Crippen molar-refractivity contribution in [2.45, 2.75) is 38.5 Å². The van der Waals surface area contributed by atoms with Crippen LogP contribution >= 0.6 is 0 Å². The monoisotopic (exact) mass is 341 g/mol. The van der Waals surface area contributed by atoms with Crippen molar-refractivity contribution >= 4 is 17.0 Å². The quantitative estimate of drug-likeness (QED) is 0.904. The summed E-state index contributed by atoms with van der Waals surface area (Å²) in [6.45, 7) is 4.74. The lowest BCUT2D eigenvalue weighted by atomic mass is 10.1. The first-order chi connectivity index (χ1) is 12.2. The number of carbonyl (C=O) groups is 1. The molecule has 3 fully saturated rings. The van der Waals surface area contributed by atoms with Gasteiger partial charge in [0.05, 0.1) is 35.8 Å². The van der Waals surface area contributed by atoms with E-state index in [9.17, 15) is 9.90 Å². The Morgan fingerprint density at radius 1 is 1.32 bits per heavy atom. The van der Waals surface area contributed by atoms with Gasteiger partial charge in [0, 0.05) is 13.2 Å². The Kier molecular flexibility index (Phi) is 3.57. The summed E-state index contributed by atoms with van der Waals surface area (Å²) in [5.74, 6) is 2.00. The Morgan fingerprint density at radius 2 is 2.20 bits per heavy atom. The van der Waals surface area contributed by atoms with Gasteiger partial charge in [-0.05, 0) is 55.8 Å². The van der Waals surface area contributed by atoms with Crippen LogP contribution in [0.25, 0.3) is 11.0 Å². The molecular weight excluding hydrogens is 318 g/mol. The van der Waals surface area contributed by atoms with Gasteiger partial charge in [-0.1, -0.05) is 0 Å². The smallest absolute Gasteiger partial charge is 0.335 e. The molecule has 3 heterocycles. The Labute approximate surface area is 146 Å². The molecule has 1 aliphatic carbocycles. The van der Waals surface area contributed by atoms with Crippen molar-refractivity contribution in [2.75, 3.05) is 19.7 Å². The number of piperidine rings is 1. The highest BCUT2D eigenvalue weighted by Crippen LogP contribution is 2.45. The van der Waals surface area contributed by atoms with Gasteiger partial charge in [-0.3, -0.25) is 4.90 Å². The van der Waals surface area contributed by atoms with Crippen LogP contribution in [0.4, 0.5) is 0 Å². The number of rotatable bonds is 5. The maximum atomic E-state index is 11.3. The molecule has 6 nitrogen and oxygen atoms in total. The second kappa shape index (κ2) is 5.81. The molecular formula is C19H23N3O3. The maximum absolute atomic E-state index is 11.3. The SMILES string of the molecule is O=C(O)c1ccc2nc(CN3CCC4CC4C3)n(CC3CCO3)c2c1. The first-order valence-electron chi connectivity index (χ1n) is 9.24. The van der Waals surface area contributed by atoms with Crippen LogP contribution in [0.2, 0.25) is 0 Å². The zero-order chi connectivity index (χ0) is 17.0. The molecule has 2 saturated heterocycles. The highest BCUT2D eigenvalue weighted by molar-refractivity contribution is 5.92. The minimum atomic E-state index is -0.896. The average molecular weight is 341 g/mol. The van der Waals surface area contributed by atoms with Gasteiger partial charge < -0.3 is 14.4 Å². The normalized spacial score (nSPS) is 28.6. The van der Waals surface area contributed by atoms with E-state index < -0.39 is 5.97 Å². The van der Waals surface area contributed by atoms with Crippen LogP contribution in [0.5, 0.6) is 0 Å². The summed E-state index contributed by atoms with van der Waals surface area (Å²) < 4.78 is 7.81. The predicted octanol–water partition coefficient (Wildman–Crippen LogP) is 2.37. The van der Waals surface area contributed by atoms with Crippen LogP contribution in [-0.4, -0.2) is 51.3 Å². The van der Waals surface area contributed by atoms with E-state index >= 15 is 0 Å². The molecule has 1 N–H and O–H groups in total. The van der Waals surface area contributed by atoms with Crippen molar-refractivity contribution in [3.63, 3.8) is 0 Å². The Bertz CT molecular complexity index is 827. The molecule has 1 aromatic heterocycles. The van der Waals surface area contributed by atoms with Crippen molar-refractivity contribution in [1.29, 1.82) is 0 Å². The molecule has 2 aromatic rings. The highest BCUT2D eigenvalue weighted by atomic mass is 16.5. The lowest BCUT2D eigenvalue weighted by Gasteiger charge is -2.29. The molecule has 0 amide bonds. The number of carboxylic acid groups (broad SMARTS) is 1. The lowest BCUT2D eigenvalue weighted by molar-refractivity contribution is -0.0592. The number of benzene rings is 1. The summed E-state index contributed by atoms with van der Waals surface area (Å²) >= 11 is 0. The van der Waals surface area contributed by atoms with E-state index in [0.717, 1.165) is 61.4 Å². The van der Waals surface area contributed by atoms with Crippen LogP contribution in [-0.2, 0) is 17.8 Å². The Balaban J connectivity index is 1.48. The van der Waals surface area contributed by atoms with Crippen molar-refractivity contribution in [2.24, 2.45) is 11.8 Å². The second-order valence-corrected chi connectivity index (χ2v) is 7.71. The molecule has 3 aliphatic rings. The molecule has 5 rings (SSSR count). The molecule has 3 atom stereocenters. The van der Waals surface area contributed by atoms with Gasteiger partial charge in [0.1, 0.15) is 5.82 Å². The predicted molar refractivity (Wildman–Crippen MR) is 92.5 cm³/mol. The molecule has 0 radical (unpaired) electrons. The third kappa shape index (κ3) is 2.83. The van der Waals surface area contributed by atoms with E-state index in [4.69, 9.17) is 9.72 Å². The summed E-state index contributed by atoms with van der Waals surface area (Å²) in [5.41, 5.74) is 2.10. The maximum Gasteiger partial charge on any atom is 0.335 e. The summed E-state index contributed by atoms with van der Waals surface area (Å²) in [5, 5.41) is 9.31. The number of likely N-dealkylation sites (tertiary alicyclic amines) is 1. The Morgan fingerprint density at radius 3 is 2.92 bits per heavy atom. The number of fused-ring (bicyclic) bond motifs is 2. The van der Waals surface area contributed by atoms with E-state index in [0.29, 0.717) is 5.56 Å². The van der Waals surface area contributed by atoms with Gasteiger partial charge in [0.15, 0.2) is 0 Å². The van der Waals surface area contributed by atoms with Gasteiger partial charge >= 0.3 is 5.97 Å². The van der Waals surface area contributed by atoms with Gasteiger partial charge in [0.25, 0.3) is 0 Å². The van der Waals surface area contributed by atoms with E-state index in [1.807, 2.05) is 6.07 Å². The van der Waals surface area contributed by atoms with E-state index in [1.165, 1.54) is 19.4 Å². The van der Waals surface area contributed by atoms with Crippen LogP contribution in [0.15, 0.2) is 18.2 Å². The number of carboxylic acids is 1. The molecule has 2 aliphatic heterocycles. The van der Waals surface area contributed by atoms with Crippen LogP contribution in [0, 0.1) is 11.8 Å². The van der Waals surface area contributed by atoms with Crippen molar-refractivity contribution in [3.8, 4) is 0 Å². The zero-order valence-corrected chi connectivity index (χ0v) is 14.2. The minimum Gasteiger partial charge on any atom is -0.478 e. The van der Waals surface area contributed by atoms with Gasteiger partial charge in [-0.25, -0.2) is 9.78 Å². The first-order valence-corrected chi connectivity index (χ1v) is 9.24. The zero-order valence-electron chi connectivity index (χ0n) is 14.2. The average Bonchev–Trinajstić information content (AvgIpc) is 3.25. The third-order valence-electron chi connectivity index (χ3n) is 6.00. The summed E-state index contributed by atoms with van der Waals surface area (Å²) in [6, 6.07) is 5.22. The fourth-order valence-corrected chi connectivity index (χ4v) is 4.26. The molecule has 3 unspecified atom stereocenters. The fourth-order valence-electron chi connectivity index (χ4n) is 4.26. The second-order valence-electron chi connectivity index (χ2n) is 7.71. The minimum absolute atomic E-state index is 0.221. The topological polar surface area (TPSA) is 67.6 Å². The van der Waals surface area contributed by atoms with Crippen LogP contribution in [0.3, 0.4) is 0 Å². The molecule has 0 bridgehead atoms. The summed E-state index contributed by atoms with van der Waals surface area (Å²) in [6.07, 6.45) is 3.98. The van der Waals surface area contributed by atoms with Crippen molar-refractivity contribution in [3.05, 3.63) is 29.6 Å². The summed E-state index contributed by atoms with van der Waals surface area (Å²) in [4.78, 5) is 18.7. The van der Waals surface area contributed by atoms with Crippen LogP contribution < -0.4 is 0 Å². The van der Waals surface area contributed by atoms with E-state index in [2.05, 4.69) is 9.47 Å². The van der Waals surface area contributed by atoms with Crippen molar-refractivity contribution in [1.82, 2.24) is 14.5 Å². The number of hydrogen-bond donors (Lipinski definition) is 1. The largest absolute Gasteiger partial charge is 0.478 e. The number of aromatic nitrogens is 2. The van der Waals surface area contributed by atoms with E-state index in [-0.39, 0.29) is 6.10 Å². The molecule has 132 valence electrons. The highest BCUT2D eigenvalue weighted by Gasteiger charge is 2.41. The third-order valence-corrected chi connectivity index (χ3v) is 6.00. The van der Waals surface area contributed by atoms with Gasteiger partial charge in [-0.15, -0.1) is 0 Å². The number of nitrogens with zero attached hydrogens (tertiary/aromatic N) is 3. The molecule has 6 heteroatoms. The summed E-state index contributed by atoms with van der Waals surface area (Å²) in [7, 11) is 0. The number of imidazole rings is 1. The number of hydrogen-bond acceptors (Lipinski definition) is 4. The fraction of sp³-hybridized carbons (Fsp3) is 0.579. The van der Waals surface area contributed by atoms with Gasteiger partial charge in [0.2, 0.25) is 0 Å². The molecule has 1 saturated carbocycles. The molecule has 25 heavy (non-hydrogen) atoms. The van der Waals surface area contributed by atoms with E-state index in [1.54, 1.807) is 12.1 Å². The standard InChI is InChI=1S/C19H23N3O3/c23-19(24)13-1-2-16-17(8-13)22(10-15-4-6-25-15)18(20-16)11-21-5-3-12-7-14(12)9-21/h1-2,8,12,14-15H,3-7,9-11H2,(H,23,24). The van der Waals surface area contributed by atoms with Crippen LogP contribution in [0.1, 0.15) is 35.4 Å². The molecule has 1 aromatic carbocycles. The Hall–Kier alpha value is -1.92. The van der Waals surface area contributed by atoms with Crippen molar-refractivity contribution < 1.29 is 14.6 Å². The number of aromatic carboxylic acids is 1. The first kappa shape index (κ1) is 15.3. The van der Waals surface area contributed by atoms with Gasteiger partial charge in [-0.2, -0.15) is 0 Å². The number of ether oxygens (including phenoxy) is 1. The molecule has 0 spiro atoms. The lowest BCUT2D eigenvalue weighted by Crippen LogP contribution is -2.34.